The molecule has 0 atom stereocenters. The maximum Gasteiger partial charge on any atom is 0.136 e. The highest BCUT2D eigenvalue weighted by molar-refractivity contribution is 5.64. The summed E-state index contributed by atoms with van der Waals surface area (Å²) in [5, 5.41) is 0. The standard InChI is InChI=1S/C28H39F/c1-3-5-6-7-8-10-24-19-21-28(29,22-20-24)27-17-15-26(16-18-27)25-13-11-23(9-4-2)12-14-25/h11-18,24H,3-10,19-22H2,1-2H3. The molecule has 0 amide bonds. The van der Waals surface area contributed by atoms with Crippen molar-refractivity contribution in [1.82, 2.24) is 0 Å². The van der Waals surface area contributed by atoms with Gasteiger partial charge in [-0.1, -0.05) is 107 Å². The Labute approximate surface area is 177 Å². The van der Waals surface area contributed by atoms with Gasteiger partial charge >= 0.3 is 0 Å². The van der Waals surface area contributed by atoms with E-state index < -0.39 is 5.67 Å². The molecule has 0 aromatic heterocycles. The van der Waals surface area contributed by atoms with E-state index in [1.165, 1.54) is 61.6 Å². The van der Waals surface area contributed by atoms with Crippen LogP contribution in [0.15, 0.2) is 48.5 Å². The van der Waals surface area contributed by atoms with E-state index in [1.807, 2.05) is 12.1 Å². The molecular weight excluding hydrogens is 355 g/mol. The lowest BCUT2D eigenvalue weighted by atomic mass is 9.75. The predicted octanol–water partition coefficient (Wildman–Crippen LogP) is 9.02. The molecule has 0 aliphatic heterocycles. The van der Waals surface area contributed by atoms with E-state index >= 15 is 4.39 Å². The first kappa shape index (κ1) is 22.1. The van der Waals surface area contributed by atoms with Gasteiger partial charge < -0.3 is 0 Å². The van der Waals surface area contributed by atoms with Crippen molar-refractivity contribution in [3.63, 3.8) is 0 Å². The van der Waals surface area contributed by atoms with Crippen LogP contribution in [-0.2, 0) is 12.1 Å². The second-order valence-corrected chi connectivity index (χ2v) is 9.14. The first-order chi connectivity index (χ1) is 14.1. The van der Waals surface area contributed by atoms with Gasteiger partial charge in [-0.05, 0) is 60.3 Å². The second-order valence-electron chi connectivity index (χ2n) is 9.14. The Balaban J connectivity index is 1.53. The Morgan fingerprint density at radius 2 is 1.34 bits per heavy atom. The molecule has 0 bridgehead atoms. The lowest BCUT2D eigenvalue weighted by Gasteiger charge is -2.34. The summed E-state index contributed by atoms with van der Waals surface area (Å²) in [4.78, 5) is 0. The minimum Gasteiger partial charge on any atom is -0.239 e. The van der Waals surface area contributed by atoms with Crippen LogP contribution in [0.2, 0.25) is 0 Å². The summed E-state index contributed by atoms with van der Waals surface area (Å²) in [5.74, 6) is 0.737. The van der Waals surface area contributed by atoms with Crippen molar-refractivity contribution in [2.24, 2.45) is 5.92 Å². The lowest BCUT2D eigenvalue weighted by molar-refractivity contribution is 0.0787. The van der Waals surface area contributed by atoms with Gasteiger partial charge in [0.15, 0.2) is 0 Å². The molecule has 158 valence electrons. The van der Waals surface area contributed by atoms with Crippen LogP contribution in [0.3, 0.4) is 0 Å². The molecule has 1 saturated carbocycles. The monoisotopic (exact) mass is 394 g/mol. The Kier molecular flexibility index (Phi) is 8.33. The van der Waals surface area contributed by atoms with E-state index in [0.717, 1.165) is 30.7 Å². The zero-order valence-electron chi connectivity index (χ0n) is 18.6. The highest BCUT2D eigenvalue weighted by Gasteiger charge is 2.36. The van der Waals surface area contributed by atoms with Gasteiger partial charge in [0.2, 0.25) is 0 Å². The average molecular weight is 395 g/mol. The summed E-state index contributed by atoms with van der Waals surface area (Å²) in [6.45, 7) is 4.47. The fraction of sp³-hybridized carbons (Fsp3) is 0.571. The molecule has 1 aliphatic rings. The van der Waals surface area contributed by atoms with Crippen molar-refractivity contribution in [2.75, 3.05) is 0 Å². The molecule has 2 aromatic rings. The van der Waals surface area contributed by atoms with Crippen molar-refractivity contribution in [3.8, 4) is 11.1 Å². The highest BCUT2D eigenvalue weighted by Crippen LogP contribution is 2.44. The molecule has 0 radical (unpaired) electrons. The molecule has 2 aromatic carbocycles. The van der Waals surface area contributed by atoms with Crippen LogP contribution in [0.5, 0.6) is 0 Å². The Morgan fingerprint density at radius 3 is 1.93 bits per heavy atom. The Morgan fingerprint density at radius 1 is 0.759 bits per heavy atom. The molecule has 0 saturated heterocycles. The van der Waals surface area contributed by atoms with E-state index in [-0.39, 0.29) is 0 Å². The minimum absolute atomic E-state index is 0.692. The molecular formula is C28H39F. The third-order valence-corrected chi connectivity index (χ3v) is 6.84. The Hall–Kier alpha value is -1.63. The number of rotatable bonds is 10. The van der Waals surface area contributed by atoms with E-state index in [4.69, 9.17) is 0 Å². The number of alkyl halides is 1. The van der Waals surface area contributed by atoms with Crippen LogP contribution in [-0.4, -0.2) is 0 Å². The van der Waals surface area contributed by atoms with E-state index in [1.54, 1.807) is 0 Å². The van der Waals surface area contributed by atoms with Gasteiger partial charge in [0.25, 0.3) is 0 Å². The number of benzene rings is 2. The fourth-order valence-electron chi connectivity index (χ4n) is 4.86. The molecule has 1 heteroatoms. The largest absolute Gasteiger partial charge is 0.239 e. The van der Waals surface area contributed by atoms with Gasteiger partial charge in [-0.15, -0.1) is 0 Å². The molecule has 29 heavy (non-hydrogen) atoms. The third-order valence-electron chi connectivity index (χ3n) is 6.84. The quantitative estimate of drug-likeness (QED) is 0.353. The number of aryl methyl sites for hydroxylation is 1. The van der Waals surface area contributed by atoms with E-state index in [9.17, 15) is 0 Å². The second kappa shape index (κ2) is 11.0. The summed E-state index contributed by atoms with van der Waals surface area (Å²) in [5.41, 5.74) is 3.54. The summed E-state index contributed by atoms with van der Waals surface area (Å²) < 4.78 is 15.6. The third kappa shape index (κ3) is 6.17. The van der Waals surface area contributed by atoms with Gasteiger partial charge in [0, 0.05) is 0 Å². The van der Waals surface area contributed by atoms with Crippen molar-refractivity contribution in [1.29, 1.82) is 0 Å². The van der Waals surface area contributed by atoms with Crippen molar-refractivity contribution < 1.29 is 4.39 Å². The van der Waals surface area contributed by atoms with Gasteiger partial charge in [-0.25, -0.2) is 4.39 Å². The van der Waals surface area contributed by atoms with Crippen LogP contribution in [0.1, 0.15) is 95.6 Å². The maximum atomic E-state index is 15.6. The predicted molar refractivity (Wildman–Crippen MR) is 124 cm³/mol. The fourth-order valence-corrected chi connectivity index (χ4v) is 4.86. The van der Waals surface area contributed by atoms with Crippen LogP contribution in [0.4, 0.5) is 4.39 Å². The lowest BCUT2D eigenvalue weighted by Crippen LogP contribution is -2.27. The van der Waals surface area contributed by atoms with Gasteiger partial charge in [0.1, 0.15) is 5.67 Å². The SMILES string of the molecule is CCCCCCCC1CCC(F)(c2ccc(-c3ccc(CCC)cc3)cc2)CC1. The zero-order valence-corrected chi connectivity index (χ0v) is 18.6. The van der Waals surface area contributed by atoms with E-state index in [0.29, 0.717) is 12.8 Å². The number of hydrogen-bond donors (Lipinski definition) is 0. The zero-order chi connectivity index (χ0) is 20.5. The van der Waals surface area contributed by atoms with Gasteiger partial charge in [0.05, 0.1) is 0 Å². The summed E-state index contributed by atoms with van der Waals surface area (Å²) in [6.07, 6.45) is 13.8. The number of hydrogen-bond acceptors (Lipinski definition) is 0. The van der Waals surface area contributed by atoms with Gasteiger partial charge in [-0.2, -0.15) is 0 Å². The van der Waals surface area contributed by atoms with Crippen LogP contribution >= 0.6 is 0 Å². The molecule has 3 rings (SSSR count). The van der Waals surface area contributed by atoms with Crippen molar-refractivity contribution in [3.05, 3.63) is 59.7 Å². The van der Waals surface area contributed by atoms with Crippen molar-refractivity contribution in [2.45, 2.75) is 96.6 Å². The summed E-state index contributed by atoms with van der Waals surface area (Å²) in [6, 6.07) is 17.1. The molecule has 1 aliphatic carbocycles. The van der Waals surface area contributed by atoms with Gasteiger partial charge in [-0.3, -0.25) is 0 Å². The normalized spacial score (nSPS) is 22.0. The summed E-state index contributed by atoms with van der Waals surface area (Å²) >= 11 is 0. The topological polar surface area (TPSA) is 0 Å². The molecule has 1 fully saturated rings. The maximum absolute atomic E-state index is 15.6. The highest BCUT2D eigenvalue weighted by atomic mass is 19.1. The molecule has 0 unspecified atom stereocenters. The van der Waals surface area contributed by atoms with Crippen LogP contribution < -0.4 is 0 Å². The number of halogens is 1. The molecule has 0 heterocycles. The number of unbranched alkanes of at least 4 members (excludes halogenated alkanes) is 4. The van der Waals surface area contributed by atoms with E-state index in [2.05, 4.69) is 50.2 Å². The smallest absolute Gasteiger partial charge is 0.136 e. The molecule has 0 nitrogen and oxygen atoms in total. The first-order valence-corrected chi connectivity index (χ1v) is 12.0. The van der Waals surface area contributed by atoms with Crippen molar-refractivity contribution >= 4 is 0 Å². The van der Waals surface area contributed by atoms with Crippen LogP contribution in [0.25, 0.3) is 11.1 Å². The summed E-state index contributed by atoms with van der Waals surface area (Å²) in [7, 11) is 0. The van der Waals surface area contributed by atoms with Crippen LogP contribution in [0, 0.1) is 5.92 Å². The molecule has 0 N–H and O–H groups in total. The minimum atomic E-state index is -1.12. The molecule has 0 spiro atoms. The average Bonchev–Trinajstić information content (AvgIpc) is 2.76. The first-order valence-electron chi connectivity index (χ1n) is 12.0. The Bertz CT molecular complexity index is 705.